The molecule has 0 aliphatic rings. The number of allylic oxidation sites excluding steroid dienone is 2. The third-order valence-corrected chi connectivity index (χ3v) is 6.50. The Kier molecular flexibility index (Phi) is 18.9. The quantitative estimate of drug-likeness (QED) is 0.117. The summed E-state index contributed by atoms with van der Waals surface area (Å²) in [6.07, 6.45) is 27.4. The van der Waals surface area contributed by atoms with Crippen molar-refractivity contribution in [1.82, 2.24) is 0 Å². The van der Waals surface area contributed by atoms with Crippen molar-refractivity contribution in [2.45, 2.75) is 150 Å². The molecule has 0 saturated heterocycles. The maximum absolute atomic E-state index is 6.28. The van der Waals surface area contributed by atoms with Crippen LogP contribution in [0.3, 0.4) is 0 Å². The highest BCUT2D eigenvalue weighted by atomic mass is 28.3. The molecule has 0 amide bonds. The van der Waals surface area contributed by atoms with Gasteiger partial charge in [0.05, 0.1) is 0 Å². The first-order valence-electron chi connectivity index (χ1n) is 12.7. The molecule has 0 aromatic rings. The van der Waals surface area contributed by atoms with Gasteiger partial charge in [0.25, 0.3) is 0 Å². The third kappa shape index (κ3) is 19.2. The van der Waals surface area contributed by atoms with Gasteiger partial charge in [-0.2, -0.15) is 0 Å². The standard InChI is InChI=1S/C26H54OSi/c1-7-8-9-10-11-12-13-14-15-16-17-18-19-20-21-22-23-24-25(26(2,3)4)27-28(5)6/h13-14,25,28H,7-12,15-24H2,1-6H3. The molecular weight excluding hydrogens is 356 g/mol. The summed E-state index contributed by atoms with van der Waals surface area (Å²) < 4.78 is 6.28. The van der Waals surface area contributed by atoms with Crippen molar-refractivity contribution < 1.29 is 4.43 Å². The van der Waals surface area contributed by atoms with Gasteiger partial charge in [-0.3, -0.25) is 0 Å². The van der Waals surface area contributed by atoms with E-state index in [0.717, 1.165) is 0 Å². The van der Waals surface area contributed by atoms with Crippen molar-refractivity contribution >= 4 is 9.04 Å². The van der Waals surface area contributed by atoms with Crippen molar-refractivity contribution in [3.05, 3.63) is 12.2 Å². The molecule has 0 spiro atoms. The summed E-state index contributed by atoms with van der Waals surface area (Å²) in [5, 5.41) is 0. The van der Waals surface area contributed by atoms with Crippen LogP contribution in [0, 0.1) is 5.41 Å². The van der Waals surface area contributed by atoms with Crippen molar-refractivity contribution in [2.75, 3.05) is 0 Å². The maximum Gasteiger partial charge on any atom is 0.171 e. The summed E-state index contributed by atoms with van der Waals surface area (Å²) in [4.78, 5) is 0. The van der Waals surface area contributed by atoms with E-state index < -0.39 is 9.04 Å². The predicted molar refractivity (Wildman–Crippen MR) is 132 cm³/mol. The second-order valence-electron chi connectivity index (χ2n) is 10.1. The highest BCUT2D eigenvalue weighted by molar-refractivity contribution is 6.48. The topological polar surface area (TPSA) is 9.23 Å². The number of rotatable bonds is 19. The fourth-order valence-corrected chi connectivity index (χ4v) is 4.99. The summed E-state index contributed by atoms with van der Waals surface area (Å²) in [5.41, 5.74) is 0.292. The van der Waals surface area contributed by atoms with Gasteiger partial charge < -0.3 is 4.43 Å². The molecule has 0 bridgehead atoms. The van der Waals surface area contributed by atoms with Crippen LogP contribution in [0.2, 0.25) is 13.1 Å². The predicted octanol–water partition coefficient (Wildman–Crippen LogP) is 9.22. The highest BCUT2D eigenvalue weighted by Crippen LogP contribution is 2.27. The lowest BCUT2D eigenvalue weighted by atomic mass is 9.86. The molecule has 1 atom stereocenters. The largest absolute Gasteiger partial charge is 0.417 e. The fraction of sp³-hybridized carbons (Fsp3) is 0.923. The molecule has 28 heavy (non-hydrogen) atoms. The Bertz CT molecular complexity index is 343. The molecular formula is C26H54OSi. The normalized spacial score (nSPS) is 13.7. The second kappa shape index (κ2) is 18.9. The molecule has 0 aromatic carbocycles. The fourth-order valence-electron chi connectivity index (χ4n) is 3.79. The van der Waals surface area contributed by atoms with Crippen molar-refractivity contribution in [2.24, 2.45) is 5.41 Å². The van der Waals surface area contributed by atoms with Gasteiger partial charge in [-0.1, -0.05) is 110 Å². The van der Waals surface area contributed by atoms with E-state index in [2.05, 4.69) is 52.9 Å². The Morgan fingerprint density at radius 3 is 1.54 bits per heavy atom. The van der Waals surface area contributed by atoms with Gasteiger partial charge in [0, 0.05) is 6.10 Å². The number of unbranched alkanes of at least 4 members (excludes halogenated alkanes) is 13. The summed E-state index contributed by atoms with van der Waals surface area (Å²) in [6, 6.07) is 0. The van der Waals surface area contributed by atoms with E-state index in [1.54, 1.807) is 0 Å². The van der Waals surface area contributed by atoms with Crippen molar-refractivity contribution in [3.63, 3.8) is 0 Å². The summed E-state index contributed by atoms with van der Waals surface area (Å²) >= 11 is 0. The van der Waals surface area contributed by atoms with E-state index in [9.17, 15) is 0 Å². The van der Waals surface area contributed by atoms with Crippen LogP contribution in [-0.2, 0) is 4.43 Å². The van der Waals surface area contributed by atoms with E-state index in [0.29, 0.717) is 11.5 Å². The van der Waals surface area contributed by atoms with E-state index in [1.807, 2.05) is 0 Å². The van der Waals surface area contributed by atoms with E-state index in [1.165, 1.54) is 103 Å². The van der Waals surface area contributed by atoms with Gasteiger partial charge in [0.1, 0.15) is 0 Å². The average molecular weight is 411 g/mol. The van der Waals surface area contributed by atoms with Crippen LogP contribution in [0.4, 0.5) is 0 Å². The molecule has 2 heteroatoms. The molecule has 0 aliphatic heterocycles. The SMILES string of the molecule is CCCCCCCC=CCCCCCCCCCCC(O[SiH](C)C)C(C)(C)C. The minimum absolute atomic E-state index is 0.292. The monoisotopic (exact) mass is 410 g/mol. The van der Waals surface area contributed by atoms with Crippen LogP contribution >= 0.6 is 0 Å². The highest BCUT2D eigenvalue weighted by Gasteiger charge is 2.25. The van der Waals surface area contributed by atoms with Gasteiger partial charge in [-0.25, -0.2) is 0 Å². The van der Waals surface area contributed by atoms with Crippen LogP contribution in [0.15, 0.2) is 12.2 Å². The van der Waals surface area contributed by atoms with Gasteiger partial charge in [-0.15, -0.1) is 0 Å². The number of hydrogen-bond donors (Lipinski definition) is 0. The van der Waals surface area contributed by atoms with Gasteiger partial charge >= 0.3 is 0 Å². The molecule has 0 aromatic heterocycles. The molecule has 0 saturated carbocycles. The van der Waals surface area contributed by atoms with E-state index >= 15 is 0 Å². The molecule has 0 radical (unpaired) electrons. The van der Waals surface area contributed by atoms with Gasteiger partial charge in [0.15, 0.2) is 9.04 Å². The Morgan fingerprint density at radius 2 is 1.11 bits per heavy atom. The Hall–Kier alpha value is -0.0831. The summed E-state index contributed by atoms with van der Waals surface area (Å²) in [6.45, 7) is 13.9. The zero-order chi connectivity index (χ0) is 21.1. The Morgan fingerprint density at radius 1 is 0.679 bits per heavy atom. The lowest BCUT2D eigenvalue weighted by molar-refractivity contribution is 0.0759. The first kappa shape index (κ1) is 27.9. The minimum atomic E-state index is -0.930. The Labute approximate surface area is 180 Å². The van der Waals surface area contributed by atoms with Crippen LogP contribution in [0.1, 0.15) is 130 Å². The second-order valence-corrected chi connectivity index (χ2v) is 12.5. The first-order chi connectivity index (χ1) is 13.4. The van der Waals surface area contributed by atoms with Gasteiger partial charge in [-0.05, 0) is 50.6 Å². The smallest absolute Gasteiger partial charge is 0.171 e. The zero-order valence-corrected chi connectivity index (χ0v) is 21.7. The van der Waals surface area contributed by atoms with Crippen LogP contribution < -0.4 is 0 Å². The Balaban J connectivity index is 3.41. The third-order valence-electron chi connectivity index (χ3n) is 5.63. The number of hydrogen-bond acceptors (Lipinski definition) is 1. The summed E-state index contributed by atoms with van der Waals surface area (Å²) in [7, 11) is -0.930. The van der Waals surface area contributed by atoms with Crippen LogP contribution in [0.25, 0.3) is 0 Å². The summed E-state index contributed by atoms with van der Waals surface area (Å²) in [5.74, 6) is 0. The molecule has 1 nitrogen and oxygen atoms in total. The van der Waals surface area contributed by atoms with E-state index in [-0.39, 0.29) is 0 Å². The molecule has 0 rings (SSSR count). The van der Waals surface area contributed by atoms with Crippen molar-refractivity contribution in [1.29, 1.82) is 0 Å². The van der Waals surface area contributed by atoms with Gasteiger partial charge in [0.2, 0.25) is 0 Å². The molecule has 1 unspecified atom stereocenters. The maximum atomic E-state index is 6.28. The molecule has 168 valence electrons. The molecule has 0 fully saturated rings. The average Bonchev–Trinajstić information content (AvgIpc) is 2.62. The first-order valence-corrected chi connectivity index (χ1v) is 15.5. The molecule has 0 heterocycles. The van der Waals surface area contributed by atoms with Crippen molar-refractivity contribution in [3.8, 4) is 0 Å². The molecule has 0 N–H and O–H groups in total. The van der Waals surface area contributed by atoms with E-state index in [4.69, 9.17) is 4.43 Å². The minimum Gasteiger partial charge on any atom is -0.417 e. The lowest BCUT2D eigenvalue weighted by Crippen LogP contribution is -2.33. The zero-order valence-electron chi connectivity index (χ0n) is 20.5. The lowest BCUT2D eigenvalue weighted by Gasteiger charge is -2.32. The van der Waals surface area contributed by atoms with Crippen LogP contribution in [-0.4, -0.2) is 15.1 Å². The van der Waals surface area contributed by atoms with Crippen LogP contribution in [0.5, 0.6) is 0 Å². The molecule has 0 aliphatic carbocycles.